The summed E-state index contributed by atoms with van der Waals surface area (Å²) in [5.74, 6) is 6.73. The molecule has 0 bridgehead atoms. The predicted octanol–water partition coefficient (Wildman–Crippen LogP) is 7.96. The van der Waals surface area contributed by atoms with Crippen molar-refractivity contribution in [2.45, 2.75) is 51.6 Å². The van der Waals surface area contributed by atoms with E-state index in [9.17, 15) is 13.2 Å². The van der Waals surface area contributed by atoms with Crippen LogP contribution in [-0.4, -0.2) is 0 Å². The lowest BCUT2D eigenvalue weighted by Gasteiger charge is -2.27. The summed E-state index contributed by atoms with van der Waals surface area (Å²) < 4.78 is 48.1. The van der Waals surface area contributed by atoms with Crippen LogP contribution in [0, 0.1) is 30.5 Å². The molecule has 1 saturated carbocycles. The van der Waals surface area contributed by atoms with E-state index in [0.717, 1.165) is 24.3 Å². The third kappa shape index (κ3) is 5.79. The molecule has 0 aliphatic heterocycles. The maximum Gasteiger partial charge on any atom is 0.426 e. The van der Waals surface area contributed by atoms with Gasteiger partial charge in [0.25, 0.3) is 0 Å². The molecule has 0 N–H and O–H groups in total. The van der Waals surface area contributed by atoms with Crippen LogP contribution < -0.4 is 4.74 Å². The lowest BCUT2D eigenvalue weighted by Crippen LogP contribution is -2.22. The predicted molar refractivity (Wildman–Crippen MR) is 125 cm³/mol. The van der Waals surface area contributed by atoms with Crippen LogP contribution in [0.5, 0.6) is 5.75 Å². The lowest BCUT2D eigenvalue weighted by molar-refractivity contribution is -0.185. The third-order valence-electron chi connectivity index (χ3n) is 6.36. The van der Waals surface area contributed by atoms with Gasteiger partial charge in [-0.1, -0.05) is 49.8 Å². The Morgan fingerprint density at radius 2 is 1.42 bits per heavy atom. The topological polar surface area (TPSA) is 9.23 Å². The highest BCUT2D eigenvalue weighted by Crippen LogP contribution is 2.37. The van der Waals surface area contributed by atoms with Gasteiger partial charge in [-0.2, -0.15) is 8.78 Å². The van der Waals surface area contributed by atoms with Crippen LogP contribution >= 0.6 is 0 Å². The van der Waals surface area contributed by atoms with E-state index in [1.54, 1.807) is 43.3 Å². The molecule has 170 valence electrons. The molecule has 0 spiro atoms. The smallest absolute Gasteiger partial charge is 0.426 e. The summed E-state index contributed by atoms with van der Waals surface area (Å²) in [4.78, 5) is 0. The van der Waals surface area contributed by atoms with Crippen molar-refractivity contribution in [1.82, 2.24) is 0 Å². The minimum Gasteiger partial charge on any atom is -0.429 e. The highest BCUT2D eigenvalue weighted by Gasteiger charge is 2.34. The molecular weight excluding hydrogens is 421 g/mol. The van der Waals surface area contributed by atoms with Crippen LogP contribution in [0.4, 0.5) is 13.2 Å². The quantitative estimate of drug-likeness (QED) is 0.368. The molecule has 1 aliphatic carbocycles. The van der Waals surface area contributed by atoms with Crippen molar-refractivity contribution in [3.8, 4) is 17.6 Å². The van der Waals surface area contributed by atoms with Crippen LogP contribution in [0.1, 0.15) is 66.3 Å². The molecule has 3 aromatic carbocycles. The SMILES string of the molecule is Cc1ccc(C#Cc2ccc(OC(F)(F)c3ccc(C4CCC(C)CC4)cc3)cc2)cc1F. The maximum atomic E-state index is 14.7. The van der Waals surface area contributed by atoms with Crippen molar-refractivity contribution in [2.24, 2.45) is 5.92 Å². The first-order valence-electron chi connectivity index (χ1n) is 11.4. The Balaban J connectivity index is 1.41. The number of aryl methyl sites for hydroxylation is 1. The summed E-state index contributed by atoms with van der Waals surface area (Å²) >= 11 is 0. The second-order valence-electron chi connectivity index (χ2n) is 8.94. The molecule has 4 rings (SSSR count). The van der Waals surface area contributed by atoms with Crippen molar-refractivity contribution in [1.29, 1.82) is 0 Å². The van der Waals surface area contributed by atoms with Crippen molar-refractivity contribution in [3.05, 3.63) is 100 Å². The first-order valence-corrected chi connectivity index (χ1v) is 11.4. The van der Waals surface area contributed by atoms with Crippen LogP contribution in [0.2, 0.25) is 0 Å². The van der Waals surface area contributed by atoms with Crippen LogP contribution in [0.3, 0.4) is 0 Å². The fraction of sp³-hybridized carbons (Fsp3) is 0.310. The number of benzene rings is 3. The number of halogens is 3. The number of alkyl halides is 2. The summed E-state index contributed by atoms with van der Waals surface area (Å²) in [6.07, 6.45) is 1.16. The molecule has 0 aromatic heterocycles. The zero-order valence-electron chi connectivity index (χ0n) is 18.9. The zero-order valence-corrected chi connectivity index (χ0v) is 18.9. The Morgan fingerprint density at radius 3 is 2.06 bits per heavy atom. The average Bonchev–Trinajstić information content (AvgIpc) is 2.81. The average molecular weight is 449 g/mol. The minimum absolute atomic E-state index is 0.0530. The van der Waals surface area contributed by atoms with Crippen molar-refractivity contribution in [2.75, 3.05) is 0 Å². The van der Waals surface area contributed by atoms with Crippen LogP contribution in [0.25, 0.3) is 0 Å². The third-order valence-corrected chi connectivity index (χ3v) is 6.36. The number of rotatable bonds is 4. The van der Waals surface area contributed by atoms with Gasteiger partial charge in [0.2, 0.25) is 0 Å². The van der Waals surface area contributed by atoms with Gasteiger partial charge >= 0.3 is 6.11 Å². The first-order chi connectivity index (χ1) is 15.8. The highest BCUT2D eigenvalue weighted by atomic mass is 19.3. The van der Waals surface area contributed by atoms with Crippen molar-refractivity contribution in [3.63, 3.8) is 0 Å². The molecule has 4 heteroatoms. The first kappa shape index (κ1) is 23.0. The van der Waals surface area contributed by atoms with Crippen LogP contribution in [0.15, 0.2) is 66.7 Å². The molecule has 0 saturated heterocycles. The Hall–Kier alpha value is -3.19. The summed E-state index contributed by atoms with van der Waals surface area (Å²) in [5.41, 5.74) is 2.69. The van der Waals surface area contributed by atoms with Gasteiger partial charge in [0.1, 0.15) is 11.6 Å². The highest BCUT2D eigenvalue weighted by molar-refractivity contribution is 5.45. The molecular formula is C29H27F3O. The largest absolute Gasteiger partial charge is 0.429 e. The summed E-state index contributed by atoms with van der Waals surface area (Å²) in [7, 11) is 0. The molecule has 1 nitrogen and oxygen atoms in total. The lowest BCUT2D eigenvalue weighted by atomic mass is 9.79. The van der Waals surface area contributed by atoms with E-state index in [0.29, 0.717) is 22.6 Å². The molecule has 1 aliphatic rings. The van der Waals surface area contributed by atoms with Crippen LogP contribution in [-0.2, 0) is 6.11 Å². The molecule has 0 unspecified atom stereocenters. The Labute approximate surface area is 193 Å². The Kier molecular flexibility index (Phi) is 6.79. The Morgan fingerprint density at radius 1 is 0.818 bits per heavy atom. The van der Waals surface area contributed by atoms with Gasteiger partial charge in [0.05, 0.1) is 5.56 Å². The maximum absolute atomic E-state index is 14.7. The van der Waals surface area contributed by atoms with E-state index >= 15 is 0 Å². The van der Waals surface area contributed by atoms with E-state index < -0.39 is 6.11 Å². The van der Waals surface area contributed by atoms with E-state index in [-0.39, 0.29) is 17.1 Å². The second-order valence-corrected chi connectivity index (χ2v) is 8.94. The normalized spacial score (nSPS) is 18.3. The second kappa shape index (κ2) is 9.75. The van der Waals surface area contributed by atoms with E-state index in [2.05, 4.69) is 18.8 Å². The summed E-state index contributed by atoms with van der Waals surface area (Å²) in [5, 5.41) is 0. The minimum atomic E-state index is -3.44. The molecule has 1 fully saturated rings. The molecule has 0 atom stereocenters. The number of ether oxygens (including phenoxy) is 1. The molecule has 0 heterocycles. The summed E-state index contributed by atoms with van der Waals surface area (Å²) in [6.45, 7) is 3.95. The molecule has 3 aromatic rings. The molecule has 33 heavy (non-hydrogen) atoms. The monoisotopic (exact) mass is 448 g/mol. The van der Waals surface area contributed by atoms with E-state index in [4.69, 9.17) is 4.74 Å². The number of hydrogen-bond acceptors (Lipinski definition) is 1. The van der Waals surface area contributed by atoms with Gasteiger partial charge < -0.3 is 4.74 Å². The van der Waals surface area contributed by atoms with Gasteiger partial charge in [-0.15, -0.1) is 0 Å². The zero-order chi connectivity index (χ0) is 23.4. The Bertz CT molecular complexity index is 1150. The van der Waals surface area contributed by atoms with Gasteiger partial charge in [0.15, 0.2) is 0 Å². The fourth-order valence-corrected chi connectivity index (χ4v) is 4.17. The number of hydrogen-bond donors (Lipinski definition) is 0. The van der Waals surface area contributed by atoms with Gasteiger partial charge in [-0.25, -0.2) is 4.39 Å². The fourth-order valence-electron chi connectivity index (χ4n) is 4.17. The van der Waals surface area contributed by atoms with E-state index in [1.165, 1.54) is 43.2 Å². The van der Waals surface area contributed by atoms with E-state index in [1.807, 2.05) is 0 Å². The van der Waals surface area contributed by atoms with Gasteiger partial charge in [0, 0.05) is 11.1 Å². The van der Waals surface area contributed by atoms with Gasteiger partial charge in [-0.05, 0) is 91.3 Å². The van der Waals surface area contributed by atoms with Crippen molar-refractivity contribution < 1.29 is 17.9 Å². The van der Waals surface area contributed by atoms with Crippen molar-refractivity contribution >= 4 is 0 Å². The molecule has 0 radical (unpaired) electrons. The summed E-state index contributed by atoms with van der Waals surface area (Å²) in [6, 6.07) is 17.5. The van der Waals surface area contributed by atoms with Gasteiger partial charge in [-0.3, -0.25) is 0 Å². The standard InChI is InChI=1S/C29H27F3O/c1-20-3-11-24(12-4-20)25-13-15-26(16-14-25)29(31,32)33-27-17-9-22(10-18-27)7-8-23-6-5-21(2)28(30)19-23/h5-6,9-10,13-20,24H,3-4,11-12H2,1-2H3. The molecule has 0 amide bonds.